The molecule has 0 bridgehead atoms. The zero-order valence-corrected chi connectivity index (χ0v) is 10.8. The predicted octanol–water partition coefficient (Wildman–Crippen LogP) is 1.40. The number of nitrogens with zero attached hydrogens (tertiary/aromatic N) is 1. The van der Waals surface area contributed by atoms with Crippen LogP contribution in [0.15, 0.2) is 42.9 Å². The van der Waals surface area contributed by atoms with Gasteiger partial charge in [-0.3, -0.25) is 10.1 Å². The molecule has 0 radical (unpaired) electrons. The molecule has 1 atom stereocenters. The second kappa shape index (κ2) is 5.18. The second-order valence-corrected chi connectivity index (χ2v) is 4.60. The van der Waals surface area contributed by atoms with E-state index in [9.17, 15) is 4.79 Å². The van der Waals surface area contributed by atoms with Crippen molar-refractivity contribution in [3.8, 4) is 0 Å². The Hall–Kier alpha value is -2.60. The number of para-hydroxylation sites is 1. The number of imidazole rings is 1. The molecule has 3 aromatic rings. The summed E-state index contributed by atoms with van der Waals surface area (Å²) in [6, 6.07) is 7.31. The predicted molar refractivity (Wildman–Crippen MR) is 77.2 cm³/mol. The van der Waals surface area contributed by atoms with Crippen LogP contribution in [-0.4, -0.2) is 26.9 Å². The van der Waals surface area contributed by atoms with E-state index in [1.807, 2.05) is 30.5 Å². The summed E-state index contributed by atoms with van der Waals surface area (Å²) in [6.07, 6.45) is 5.57. The van der Waals surface area contributed by atoms with Gasteiger partial charge in [0.2, 0.25) is 11.9 Å². The van der Waals surface area contributed by atoms with Gasteiger partial charge < -0.3 is 15.7 Å². The van der Waals surface area contributed by atoms with Gasteiger partial charge in [-0.1, -0.05) is 18.2 Å². The number of rotatable bonds is 4. The lowest BCUT2D eigenvalue weighted by Gasteiger charge is -2.10. The average molecular weight is 269 g/mol. The van der Waals surface area contributed by atoms with Crippen molar-refractivity contribution < 1.29 is 4.79 Å². The number of anilines is 1. The van der Waals surface area contributed by atoms with E-state index in [0.29, 0.717) is 12.4 Å². The molecule has 0 fully saturated rings. The maximum absolute atomic E-state index is 12.0. The summed E-state index contributed by atoms with van der Waals surface area (Å²) >= 11 is 0. The summed E-state index contributed by atoms with van der Waals surface area (Å²) in [7, 11) is 0. The number of benzene rings is 1. The van der Waals surface area contributed by atoms with Crippen LogP contribution in [0.4, 0.5) is 5.95 Å². The Morgan fingerprint density at radius 2 is 2.20 bits per heavy atom. The van der Waals surface area contributed by atoms with Gasteiger partial charge in [-0.15, -0.1) is 0 Å². The number of amides is 1. The Kier molecular flexibility index (Phi) is 3.22. The van der Waals surface area contributed by atoms with Crippen molar-refractivity contribution in [3.63, 3.8) is 0 Å². The molecular formula is C14H15N5O. The van der Waals surface area contributed by atoms with Crippen LogP contribution >= 0.6 is 0 Å². The van der Waals surface area contributed by atoms with Crippen molar-refractivity contribution in [2.24, 2.45) is 5.73 Å². The minimum Gasteiger partial charge on any atom is -0.361 e. The Bertz CT molecular complexity index is 716. The number of hydrogen-bond acceptors (Lipinski definition) is 3. The van der Waals surface area contributed by atoms with Crippen LogP contribution in [0.3, 0.4) is 0 Å². The van der Waals surface area contributed by atoms with E-state index in [0.717, 1.165) is 16.5 Å². The summed E-state index contributed by atoms with van der Waals surface area (Å²) in [5.41, 5.74) is 8.02. The molecule has 1 unspecified atom stereocenters. The van der Waals surface area contributed by atoms with Crippen LogP contribution in [0.25, 0.3) is 10.9 Å². The molecule has 102 valence electrons. The van der Waals surface area contributed by atoms with Crippen molar-refractivity contribution in [2.45, 2.75) is 12.5 Å². The topological polar surface area (TPSA) is 99.6 Å². The van der Waals surface area contributed by atoms with Gasteiger partial charge in [0.05, 0.1) is 6.04 Å². The highest BCUT2D eigenvalue weighted by Gasteiger charge is 2.16. The van der Waals surface area contributed by atoms with Gasteiger partial charge in [0.1, 0.15) is 0 Å². The average Bonchev–Trinajstić information content (AvgIpc) is 3.09. The van der Waals surface area contributed by atoms with E-state index in [-0.39, 0.29) is 5.91 Å². The molecule has 1 amide bonds. The number of nitrogens with one attached hydrogen (secondary N) is 3. The second-order valence-electron chi connectivity index (χ2n) is 4.60. The van der Waals surface area contributed by atoms with Crippen molar-refractivity contribution >= 4 is 22.8 Å². The highest BCUT2D eigenvalue weighted by Crippen LogP contribution is 2.18. The third kappa shape index (κ3) is 2.41. The van der Waals surface area contributed by atoms with Crippen LogP contribution in [0.5, 0.6) is 0 Å². The smallest absolute Gasteiger partial charge is 0.243 e. The maximum Gasteiger partial charge on any atom is 0.243 e. The number of fused-ring (bicyclic) bond motifs is 1. The van der Waals surface area contributed by atoms with Crippen LogP contribution in [-0.2, 0) is 11.2 Å². The lowest BCUT2D eigenvalue weighted by Crippen LogP contribution is -2.37. The molecule has 1 aromatic carbocycles. The Labute approximate surface area is 115 Å². The van der Waals surface area contributed by atoms with E-state index in [1.54, 1.807) is 12.4 Å². The fourth-order valence-electron chi connectivity index (χ4n) is 2.17. The van der Waals surface area contributed by atoms with E-state index in [2.05, 4.69) is 20.3 Å². The largest absolute Gasteiger partial charge is 0.361 e. The molecule has 0 saturated heterocycles. The summed E-state index contributed by atoms with van der Waals surface area (Å²) in [6.45, 7) is 0. The van der Waals surface area contributed by atoms with E-state index < -0.39 is 6.04 Å². The fraction of sp³-hybridized carbons (Fsp3) is 0.143. The van der Waals surface area contributed by atoms with Gasteiger partial charge in [-0.05, 0) is 18.1 Å². The number of aromatic nitrogens is 3. The number of nitrogens with two attached hydrogens (primary N) is 1. The van der Waals surface area contributed by atoms with E-state index in [1.165, 1.54) is 0 Å². The van der Waals surface area contributed by atoms with Crippen LogP contribution in [0.1, 0.15) is 5.56 Å². The molecule has 2 aromatic heterocycles. The van der Waals surface area contributed by atoms with Gasteiger partial charge >= 0.3 is 0 Å². The number of aromatic amines is 2. The summed E-state index contributed by atoms with van der Waals surface area (Å²) in [5, 5.41) is 3.73. The first-order valence-corrected chi connectivity index (χ1v) is 6.35. The molecule has 0 aliphatic heterocycles. The normalized spacial score (nSPS) is 12.4. The van der Waals surface area contributed by atoms with Crippen LogP contribution < -0.4 is 11.1 Å². The summed E-state index contributed by atoms with van der Waals surface area (Å²) in [4.78, 5) is 21.9. The Morgan fingerprint density at radius 3 is 3.00 bits per heavy atom. The molecule has 0 aliphatic rings. The first-order valence-electron chi connectivity index (χ1n) is 6.35. The fourth-order valence-corrected chi connectivity index (χ4v) is 2.17. The van der Waals surface area contributed by atoms with Crippen LogP contribution in [0, 0.1) is 0 Å². The molecule has 20 heavy (non-hydrogen) atoms. The van der Waals surface area contributed by atoms with Crippen LogP contribution in [0.2, 0.25) is 0 Å². The highest BCUT2D eigenvalue weighted by atomic mass is 16.2. The minimum atomic E-state index is -0.626. The minimum absolute atomic E-state index is 0.259. The SMILES string of the molecule is NC(Cc1c[nH]c2ccccc12)C(=O)Nc1ncc[nH]1. The maximum atomic E-state index is 12.0. The number of H-pyrrole nitrogens is 2. The zero-order chi connectivity index (χ0) is 13.9. The van der Waals surface area contributed by atoms with E-state index in [4.69, 9.17) is 5.73 Å². The zero-order valence-electron chi connectivity index (χ0n) is 10.8. The quantitative estimate of drug-likeness (QED) is 0.576. The van der Waals surface area contributed by atoms with Crippen molar-refractivity contribution in [1.82, 2.24) is 15.0 Å². The monoisotopic (exact) mass is 269 g/mol. The molecule has 0 spiro atoms. The van der Waals surface area contributed by atoms with Crippen molar-refractivity contribution in [3.05, 3.63) is 48.4 Å². The van der Waals surface area contributed by atoms with Gasteiger partial charge in [-0.2, -0.15) is 0 Å². The summed E-state index contributed by atoms with van der Waals surface area (Å²) < 4.78 is 0. The van der Waals surface area contributed by atoms with Gasteiger partial charge in [0, 0.05) is 29.5 Å². The van der Waals surface area contributed by atoms with Crippen molar-refractivity contribution in [1.29, 1.82) is 0 Å². The molecule has 2 heterocycles. The third-order valence-electron chi connectivity index (χ3n) is 3.19. The lowest BCUT2D eigenvalue weighted by atomic mass is 10.1. The number of carbonyl (C=O) groups excluding carboxylic acids is 1. The highest BCUT2D eigenvalue weighted by molar-refractivity contribution is 5.94. The molecule has 0 aliphatic carbocycles. The molecule has 6 nitrogen and oxygen atoms in total. The Balaban J connectivity index is 1.72. The first-order chi connectivity index (χ1) is 9.74. The van der Waals surface area contributed by atoms with Gasteiger partial charge in [0.15, 0.2) is 0 Å². The molecule has 5 N–H and O–H groups in total. The number of hydrogen-bond donors (Lipinski definition) is 4. The standard InChI is InChI=1S/C14H15N5O/c15-11(13(20)19-14-16-5-6-17-14)7-9-8-18-12-4-2-1-3-10(9)12/h1-6,8,11,18H,7,15H2,(H2,16,17,19,20). The lowest BCUT2D eigenvalue weighted by molar-refractivity contribution is -0.117. The van der Waals surface area contributed by atoms with Gasteiger partial charge in [0.25, 0.3) is 0 Å². The van der Waals surface area contributed by atoms with E-state index >= 15 is 0 Å². The Morgan fingerprint density at radius 1 is 1.35 bits per heavy atom. The first kappa shape index (κ1) is 12.4. The van der Waals surface area contributed by atoms with Crippen molar-refractivity contribution in [2.75, 3.05) is 5.32 Å². The molecule has 3 rings (SSSR count). The van der Waals surface area contributed by atoms with Gasteiger partial charge in [-0.25, -0.2) is 4.98 Å². The molecule has 0 saturated carbocycles. The molecule has 6 heteroatoms. The summed E-state index contributed by atoms with van der Waals surface area (Å²) in [5.74, 6) is 0.148. The third-order valence-corrected chi connectivity index (χ3v) is 3.19. The molecular weight excluding hydrogens is 254 g/mol. The number of carbonyl (C=O) groups is 1.